The summed E-state index contributed by atoms with van der Waals surface area (Å²) < 4.78 is 16.3. The summed E-state index contributed by atoms with van der Waals surface area (Å²) in [4.78, 5) is 27.1. The zero-order valence-corrected chi connectivity index (χ0v) is 19.0. The molecule has 176 valence electrons. The molecule has 0 bridgehead atoms. The Bertz CT molecular complexity index is 1150. The first-order valence-electron chi connectivity index (χ1n) is 10.4. The second kappa shape index (κ2) is 10.3. The van der Waals surface area contributed by atoms with E-state index in [2.05, 4.69) is 5.32 Å². The smallest absolute Gasteiger partial charge is 0.227 e. The van der Waals surface area contributed by atoms with Crippen LogP contribution in [-0.2, 0) is 4.79 Å². The zero-order chi connectivity index (χ0) is 24.1. The number of furan rings is 1. The molecule has 9 nitrogen and oxygen atoms in total. The van der Waals surface area contributed by atoms with Gasteiger partial charge in [-0.15, -0.1) is 0 Å². The molecule has 33 heavy (non-hydrogen) atoms. The summed E-state index contributed by atoms with van der Waals surface area (Å²) in [5.74, 6) is -0.589. The predicted molar refractivity (Wildman–Crippen MR) is 121 cm³/mol. The van der Waals surface area contributed by atoms with E-state index < -0.39 is 17.1 Å². The maximum atomic E-state index is 13.0. The molecule has 0 saturated heterocycles. The highest BCUT2D eigenvalue weighted by molar-refractivity contribution is 5.77. The monoisotopic (exact) mass is 456 g/mol. The van der Waals surface area contributed by atoms with Crippen LogP contribution in [0.1, 0.15) is 41.2 Å². The van der Waals surface area contributed by atoms with Crippen LogP contribution in [0.5, 0.6) is 17.2 Å². The average molecular weight is 456 g/mol. The van der Waals surface area contributed by atoms with Gasteiger partial charge in [-0.1, -0.05) is 6.07 Å². The van der Waals surface area contributed by atoms with Gasteiger partial charge in [0.25, 0.3) is 0 Å². The number of likely N-dealkylation sites (N-methyl/N-ethyl adjacent to an activating group) is 1. The van der Waals surface area contributed by atoms with Gasteiger partial charge in [-0.05, 0) is 50.8 Å². The maximum absolute atomic E-state index is 13.0. The molecule has 1 aromatic carbocycles. The van der Waals surface area contributed by atoms with E-state index in [4.69, 9.17) is 13.6 Å². The molecule has 0 saturated carbocycles. The van der Waals surface area contributed by atoms with Crippen molar-refractivity contribution in [3.63, 3.8) is 0 Å². The first-order chi connectivity index (χ1) is 15.7. The quantitative estimate of drug-likeness (QED) is 0.449. The van der Waals surface area contributed by atoms with Crippen LogP contribution in [0.15, 0.2) is 56.3 Å². The lowest BCUT2D eigenvalue weighted by Gasteiger charge is -2.23. The molecule has 0 aliphatic rings. The number of ether oxygens (including phenoxy) is 1. The number of nitrogens with one attached hydrogen (secondary N) is 1. The number of rotatable bonds is 9. The first kappa shape index (κ1) is 23.9. The number of hydrogen-bond donors (Lipinski definition) is 3. The SMILES string of the molecule is COc1cc([C@H](CC(=O)NC[C@@H](c2ccco2)N(C)C)c2oc(C)cc(=O)c2O)ccc1O. The van der Waals surface area contributed by atoms with E-state index >= 15 is 0 Å². The van der Waals surface area contributed by atoms with Crippen molar-refractivity contribution in [2.24, 2.45) is 0 Å². The minimum atomic E-state index is -0.798. The van der Waals surface area contributed by atoms with Crippen LogP contribution in [0.3, 0.4) is 0 Å². The third-order valence-corrected chi connectivity index (χ3v) is 5.37. The molecule has 0 aliphatic carbocycles. The van der Waals surface area contributed by atoms with E-state index in [1.54, 1.807) is 31.4 Å². The number of aryl methyl sites for hydroxylation is 1. The molecular formula is C24H28N2O7. The fourth-order valence-electron chi connectivity index (χ4n) is 3.62. The molecular weight excluding hydrogens is 428 g/mol. The van der Waals surface area contributed by atoms with Crippen LogP contribution in [0.25, 0.3) is 0 Å². The molecule has 1 amide bonds. The second-order valence-electron chi connectivity index (χ2n) is 7.92. The van der Waals surface area contributed by atoms with E-state index in [1.807, 2.05) is 25.1 Å². The number of nitrogens with zero attached hydrogens (tertiary/aromatic N) is 1. The molecule has 3 N–H and O–H groups in total. The lowest BCUT2D eigenvalue weighted by atomic mass is 9.91. The summed E-state index contributed by atoms with van der Waals surface area (Å²) in [6, 6.07) is 9.17. The number of phenols is 1. The van der Waals surface area contributed by atoms with E-state index in [-0.39, 0.29) is 42.2 Å². The summed E-state index contributed by atoms with van der Waals surface area (Å²) in [6.45, 7) is 1.87. The fraction of sp³-hybridized carbons (Fsp3) is 0.333. The molecule has 2 aromatic heterocycles. The number of hydrogen-bond acceptors (Lipinski definition) is 8. The number of aromatic hydroxyl groups is 2. The molecule has 3 aromatic rings. The van der Waals surface area contributed by atoms with E-state index in [0.29, 0.717) is 17.1 Å². The minimum Gasteiger partial charge on any atom is -0.504 e. The van der Waals surface area contributed by atoms with Crippen LogP contribution >= 0.6 is 0 Å². The number of benzene rings is 1. The standard InChI is InChI=1S/C24H28N2O7/c1-14-10-19(28)23(30)24(33-14)16(15-7-8-18(27)21(11-15)31-4)12-22(29)25-13-17(26(2)3)20-6-5-9-32-20/h5-11,16-17,27,30H,12-13H2,1-4H3,(H,25,29)/t16-,17-/m0/s1. The Morgan fingerprint density at radius 1 is 1.21 bits per heavy atom. The van der Waals surface area contributed by atoms with Crippen molar-refractivity contribution in [3.05, 3.63) is 75.7 Å². The van der Waals surface area contributed by atoms with Crippen molar-refractivity contribution in [1.82, 2.24) is 10.2 Å². The van der Waals surface area contributed by atoms with Crippen LogP contribution in [0.2, 0.25) is 0 Å². The number of carbonyl (C=O) groups is 1. The van der Waals surface area contributed by atoms with Crippen LogP contribution in [0.4, 0.5) is 0 Å². The third-order valence-electron chi connectivity index (χ3n) is 5.37. The number of methoxy groups -OCH3 is 1. The summed E-state index contributed by atoms with van der Waals surface area (Å²) in [5.41, 5.74) is -0.0746. The van der Waals surface area contributed by atoms with Gasteiger partial charge < -0.3 is 29.1 Å². The van der Waals surface area contributed by atoms with Gasteiger partial charge in [0.05, 0.1) is 25.3 Å². The van der Waals surface area contributed by atoms with Crippen molar-refractivity contribution in [2.75, 3.05) is 27.7 Å². The largest absolute Gasteiger partial charge is 0.504 e. The molecule has 2 atom stereocenters. The average Bonchev–Trinajstić information content (AvgIpc) is 3.29. The van der Waals surface area contributed by atoms with Crippen molar-refractivity contribution in [3.8, 4) is 17.2 Å². The second-order valence-corrected chi connectivity index (χ2v) is 7.92. The van der Waals surface area contributed by atoms with Crippen molar-refractivity contribution in [1.29, 1.82) is 0 Å². The molecule has 3 rings (SSSR count). The zero-order valence-electron chi connectivity index (χ0n) is 19.0. The molecule has 0 aliphatic heterocycles. The highest BCUT2D eigenvalue weighted by Gasteiger charge is 2.27. The highest BCUT2D eigenvalue weighted by atomic mass is 16.5. The van der Waals surface area contributed by atoms with Crippen molar-refractivity contribution < 1.29 is 28.6 Å². The molecule has 0 fully saturated rings. The lowest BCUT2D eigenvalue weighted by Crippen LogP contribution is -2.35. The van der Waals surface area contributed by atoms with Gasteiger partial charge in [0, 0.05) is 19.0 Å². The van der Waals surface area contributed by atoms with Gasteiger partial charge in [-0.25, -0.2) is 0 Å². The Labute approximate surface area is 191 Å². The molecule has 2 heterocycles. The number of phenolic OH excluding ortho intramolecular Hbond substituents is 1. The molecule has 0 radical (unpaired) electrons. The minimum absolute atomic E-state index is 0.0295. The van der Waals surface area contributed by atoms with Gasteiger partial charge in [0.2, 0.25) is 17.1 Å². The van der Waals surface area contributed by atoms with Gasteiger partial charge >= 0.3 is 0 Å². The Morgan fingerprint density at radius 3 is 2.61 bits per heavy atom. The third kappa shape index (κ3) is 5.56. The topological polar surface area (TPSA) is 125 Å². The van der Waals surface area contributed by atoms with Crippen LogP contribution in [0, 0.1) is 6.92 Å². The van der Waals surface area contributed by atoms with Crippen LogP contribution < -0.4 is 15.5 Å². The summed E-state index contributed by atoms with van der Waals surface area (Å²) in [6.07, 6.45) is 1.45. The van der Waals surface area contributed by atoms with Crippen LogP contribution in [-0.4, -0.2) is 48.8 Å². The van der Waals surface area contributed by atoms with E-state index in [9.17, 15) is 19.8 Å². The van der Waals surface area contributed by atoms with Gasteiger partial charge in [0.15, 0.2) is 17.3 Å². The maximum Gasteiger partial charge on any atom is 0.227 e. The van der Waals surface area contributed by atoms with E-state index in [0.717, 1.165) is 0 Å². The molecule has 0 spiro atoms. The Kier molecular flexibility index (Phi) is 7.44. The van der Waals surface area contributed by atoms with Gasteiger partial charge in [-0.2, -0.15) is 0 Å². The summed E-state index contributed by atoms with van der Waals surface area (Å²) in [7, 11) is 5.16. The molecule has 0 unspecified atom stereocenters. The lowest BCUT2D eigenvalue weighted by molar-refractivity contribution is -0.121. The Hall–Kier alpha value is -3.72. The molecule has 9 heteroatoms. The fourth-order valence-corrected chi connectivity index (χ4v) is 3.62. The summed E-state index contributed by atoms with van der Waals surface area (Å²) >= 11 is 0. The number of amides is 1. The summed E-state index contributed by atoms with van der Waals surface area (Å²) in [5, 5.41) is 23.3. The van der Waals surface area contributed by atoms with E-state index in [1.165, 1.54) is 19.2 Å². The predicted octanol–water partition coefficient (Wildman–Crippen LogP) is 2.90. The normalized spacial score (nSPS) is 13.0. The Balaban J connectivity index is 1.90. The Morgan fingerprint density at radius 2 is 1.97 bits per heavy atom. The van der Waals surface area contributed by atoms with Crippen molar-refractivity contribution >= 4 is 5.91 Å². The van der Waals surface area contributed by atoms with Gasteiger partial charge in [-0.3, -0.25) is 14.5 Å². The first-order valence-corrected chi connectivity index (χ1v) is 10.4. The highest BCUT2D eigenvalue weighted by Crippen LogP contribution is 2.37. The van der Waals surface area contributed by atoms with Gasteiger partial charge in [0.1, 0.15) is 11.5 Å². The number of carbonyl (C=O) groups excluding carboxylic acids is 1. The van der Waals surface area contributed by atoms with Crippen molar-refractivity contribution in [2.45, 2.75) is 25.3 Å².